The van der Waals surface area contributed by atoms with Crippen molar-refractivity contribution in [1.82, 2.24) is 9.80 Å². The minimum absolute atomic E-state index is 0.0297. The van der Waals surface area contributed by atoms with Gasteiger partial charge < -0.3 is 5.32 Å². The largest absolute Gasteiger partial charge is 0.418 e. The lowest BCUT2D eigenvalue weighted by Crippen LogP contribution is -2.52. The van der Waals surface area contributed by atoms with E-state index < -0.39 is 23.7 Å². The van der Waals surface area contributed by atoms with E-state index in [0.29, 0.717) is 13.1 Å². The number of carbonyl (C=O) groups excluding carboxylic acids is 1. The van der Waals surface area contributed by atoms with Gasteiger partial charge in [-0.1, -0.05) is 41.9 Å². The van der Waals surface area contributed by atoms with Gasteiger partial charge in [0.25, 0.3) is 0 Å². The number of carbonyl (C=O) groups is 1. The number of nitrogens with one attached hydrogen (secondary N) is 1. The summed E-state index contributed by atoms with van der Waals surface area (Å²) < 4.78 is 39.7. The Labute approximate surface area is 173 Å². The van der Waals surface area contributed by atoms with Crippen LogP contribution in [0.2, 0.25) is 5.02 Å². The summed E-state index contributed by atoms with van der Waals surface area (Å²) in [5.41, 5.74) is 0.00820. The zero-order valence-corrected chi connectivity index (χ0v) is 16.8. The highest BCUT2D eigenvalue weighted by molar-refractivity contribution is 6.30. The Bertz CT molecular complexity index is 837. The Morgan fingerprint density at radius 1 is 1.10 bits per heavy atom. The molecule has 29 heavy (non-hydrogen) atoms. The number of rotatable bonds is 5. The minimum atomic E-state index is -4.60. The zero-order valence-electron chi connectivity index (χ0n) is 16.0. The molecule has 1 aliphatic rings. The van der Waals surface area contributed by atoms with Crippen LogP contribution in [-0.4, -0.2) is 47.9 Å². The van der Waals surface area contributed by atoms with Crippen LogP contribution < -0.4 is 5.32 Å². The SMILES string of the molecule is C[C@@H](C(=O)Nc1ccc(Cl)cc1C(F)(F)F)N1CCN(Cc2ccccc2)CC1. The monoisotopic (exact) mass is 425 g/mol. The standard InChI is InChI=1S/C21H23ClF3N3O/c1-15(20(29)26-19-8-7-17(22)13-18(19)21(23,24)25)28-11-9-27(10-12-28)14-16-5-3-2-4-6-16/h2-8,13,15H,9-12,14H2,1H3,(H,26,29)/t15-/m0/s1. The number of hydrogen-bond acceptors (Lipinski definition) is 3. The van der Waals surface area contributed by atoms with E-state index in [1.807, 2.05) is 23.1 Å². The molecule has 1 fully saturated rings. The highest BCUT2D eigenvalue weighted by atomic mass is 35.5. The summed E-state index contributed by atoms with van der Waals surface area (Å²) in [6.45, 7) is 5.49. The van der Waals surface area contributed by atoms with Gasteiger partial charge in [-0.15, -0.1) is 0 Å². The molecule has 0 bridgehead atoms. The van der Waals surface area contributed by atoms with Gasteiger partial charge in [-0.05, 0) is 30.7 Å². The fourth-order valence-electron chi connectivity index (χ4n) is 3.41. The number of hydrogen-bond donors (Lipinski definition) is 1. The summed E-state index contributed by atoms with van der Waals surface area (Å²) in [7, 11) is 0. The Balaban J connectivity index is 1.58. The number of nitrogens with zero attached hydrogens (tertiary/aromatic N) is 2. The Kier molecular flexibility index (Phi) is 6.82. The molecule has 1 saturated heterocycles. The van der Waals surface area contributed by atoms with E-state index in [0.717, 1.165) is 25.7 Å². The van der Waals surface area contributed by atoms with Gasteiger partial charge in [0.1, 0.15) is 0 Å². The van der Waals surface area contributed by atoms with Crippen LogP contribution in [-0.2, 0) is 17.5 Å². The molecule has 0 aliphatic carbocycles. The lowest BCUT2D eigenvalue weighted by molar-refractivity contribution is -0.137. The van der Waals surface area contributed by atoms with Gasteiger partial charge in [-0.25, -0.2) is 0 Å². The van der Waals surface area contributed by atoms with Gasteiger partial charge >= 0.3 is 6.18 Å². The molecule has 0 aromatic heterocycles. The molecule has 2 aromatic carbocycles. The topological polar surface area (TPSA) is 35.6 Å². The first-order chi connectivity index (χ1) is 13.7. The van der Waals surface area contributed by atoms with E-state index in [2.05, 4.69) is 22.3 Å². The van der Waals surface area contributed by atoms with Gasteiger partial charge in [-0.2, -0.15) is 13.2 Å². The fraction of sp³-hybridized carbons (Fsp3) is 0.381. The molecule has 1 amide bonds. The summed E-state index contributed by atoms with van der Waals surface area (Å²) in [6.07, 6.45) is -4.60. The van der Waals surface area contributed by atoms with Gasteiger partial charge in [0.05, 0.1) is 17.3 Å². The van der Waals surface area contributed by atoms with Gasteiger partial charge in [0, 0.05) is 37.7 Å². The van der Waals surface area contributed by atoms with Crippen LogP contribution in [0.25, 0.3) is 0 Å². The van der Waals surface area contributed by atoms with Crippen molar-refractivity contribution in [2.24, 2.45) is 0 Å². The van der Waals surface area contributed by atoms with Gasteiger partial charge in [0.2, 0.25) is 5.91 Å². The molecule has 4 nitrogen and oxygen atoms in total. The number of amides is 1. The predicted molar refractivity (Wildman–Crippen MR) is 108 cm³/mol. The average molecular weight is 426 g/mol. The first kappa shape index (κ1) is 21.6. The maximum Gasteiger partial charge on any atom is 0.418 e. The van der Waals surface area contributed by atoms with Gasteiger partial charge in [0.15, 0.2) is 0 Å². The van der Waals surface area contributed by atoms with E-state index >= 15 is 0 Å². The van der Waals surface area contributed by atoms with Crippen LogP contribution in [0.3, 0.4) is 0 Å². The van der Waals surface area contributed by atoms with Crippen molar-refractivity contribution in [3.63, 3.8) is 0 Å². The molecular weight excluding hydrogens is 403 g/mol. The van der Waals surface area contributed by atoms with Crippen molar-refractivity contribution in [3.8, 4) is 0 Å². The van der Waals surface area contributed by atoms with Crippen molar-refractivity contribution in [3.05, 3.63) is 64.7 Å². The molecule has 156 valence electrons. The number of alkyl halides is 3. The third kappa shape index (κ3) is 5.72. The molecular formula is C21H23ClF3N3O. The molecule has 0 unspecified atom stereocenters. The average Bonchev–Trinajstić information content (AvgIpc) is 2.69. The zero-order chi connectivity index (χ0) is 21.0. The molecule has 0 radical (unpaired) electrons. The van der Waals surface area contributed by atoms with Crippen molar-refractivity contribution in [2.75, 3.05) is 31.5 Å². The minimum Gasteiger partial charge on any atom is -0.324 e. The summed E-state index contributed by atoms with van der Waals surface area (Å²) in [4.78, 5) is 16.9. The van der Waals surface area contributed by atoms with E-state index in [4.69, 9.17) is 11.6 Å². The van der Waals surface area contributed by atoms with Crippen molar-refractivity contribution in [1.29, 1.82) is 0 Å². The second-order valence-electron chi connectivity index (χ2n) is 7.15. The van der Waals surface area contributed by atoms with Crippen LogP contribution in [0.5, 0.6) is 0 Å². The van der Waals surface area contributed by atoms with Crippen molar-refractivity contribution in [2.45, 2.75) is 25.7 Å². The molecule has 1 atom stereocenters. The molecule has 2 aromatic rings. The number of anilines is 1. The number of halogens is 4. The molecule has 1 heterocycles. The summed E-state index contributed by atoms with van der Waals surface area (Å²) in [5.74, 6) is -0.464. The Morgan fingerprint density at radius 3 is 2.38 bits per heavy atom. The predicted octanol–water partition coefficient (Wildman–Crippen LogP) is 4.50. The van der Waals surface area contributed by atoms with Crippen LogP contribution in [0.15, 0.2) is 48.5 Å². The second-order valence-corrected chi connectivity index (χ2v) is 7.59. The van der Waals surface area contributed by atoms with E-state index in [9.17, 15) is 18.0 Å². The molecule has 0 spiro atoms. The Hall–Kier alpha value is -2.09. The Morgan fingerprint density at radius 2 is 1.76 bits per heavy atom. The summed E-state index contributed by atoms with van der Waals surface area (Å²) >= 11 is 5.69. The fourth-order valence-corrected chi connectivity index (χ4v) is 3.59. The third-order valence-electron chi connectivity index (χ3n) is 5.13. The highest BCUT2D eigenvalue weighted by Crippen LogP contribution is 2.36. The molecule has 1 N–H and O–H groups in total. The van der Waals surface area contributed by atoms with Crippen molar-refractivity contribution < 1.29 is 18.0 Å². The lowest BCUT2D eigenvalue weighted by atomic mass is 10.1. The smallest absolute Gasteiger partial charge is 0.324 e. The molecule has 0 saturated carbocycles. The third-order valence-corrected chi connectivity index (χ3v) is 5.36. The first-order valence-electron chi connectivity index (χ1n) is 9.42. The molecule has 1 aliphatic heterocycles. The van der Waals surface area contributed by atoms with Crippen LogP contribution in [0.1, 0.15) is 18.1 Å². The maximum atomic E-state index is 13.2. The van der Waals surface area contributed by atoms with E-state index in [-0.39, 0.29) is 10.7 Å². The number of benzene rings is 2. The second kappa shape index (κ2) is 9.15. The normalized spacial score (nSPS) is 17.1. The van der Waals surface area contributed by atoms with Crippen LogP contribution in [0.4, 0.5) is 18.9 Å². The maximum absolute atomic E-state index is 13.2. The van der Waals surface area contributed by atoms with Crippen molar-refractivity contribution >= 4 is 23.2 Å². The molecule has 8 heteroatoms. The lowest BCUT2D eigenvalue weighted by Gasteiger charge is -2.37. The first-order valence-corrected chi connectivity index (χ1v) is 9.80. The highest BCUT2D eigenvalue weighted by Gasteiger charge is 2.35. The number of piperazine rings is 1. The summed E-state index contributed by atoms with van der Waals surface area (Å²) in [5, 5.41) is 2.39. The van der Waals surface area contributed by atoms with Crippen LogP contribution >= 0.6 is 11.6 Å². The van der Waals surface area contributed by atoms with E-state index in [1.165, 1.54) is 17.7 Å². The molecule has 3 rings (SSSR count). The van der Waals surface area contributed by atoms with Crippen LogP contribution in [0, 0.1) is 0 Å². The quantitative estimate of drug-likeness (QED) is 0.766. The van der Waals surface area contributed by atoms with Gasteiger partial charge in [-0.3, -0.25) is 14.6 Å². The summed E-state index contributed by atoms with van der Waals surface area (Å²) in [6, 6.07) is 12.9. The van der Waals surface area contributed by atoms with E-state index in [1.54, 1.807) is 6.92 Å².